The largest absolute Gasteiger partial charge is 0.422 e. The van der Waals surface area contributed by atoms with Crippen LogP contribution >= 0.6 is 46.4 Å². The number of rotatable bonds is 6. The molecule has 0 aliphatic carbocycles. The fourth-order valence-electron chi connectivity index (χ4n) is 7.27. The first-order valence-corrected chi connectivity index (χ1v) is 18.0. The normalized spacial score (nSPS) is 24.2. The highest BCUT2D eigenvalue weighted by atomic mass is 35.5. The molecule has 8 rings (SSSR count). The van der Waals surface area contributed by atoms with Gasteiger partial charge in [-0.3, -0.25) is 4.90 Å². The molecule has 0 N–H and O–H groups in total. The summed E-state index contributed by atoms with van der Waals surface area (Å²) in [4.78, 5) is 15.9. The van der Waals surface area contributed by atoms with Gasteiger partial charge in [-0.2, -0.15) is 0 Å². The third-order valence-electron chi connectivity index (χ3n) is 9.82. The molecule has 0 radical (unpaired) electrons. The van der Waals surface area contributed by atoms with Gasteiger partial charge in [0.15, 0.2) is 0 Å². The van der Waals surface area contributed by atoms with E-state index in [-0.39, 0.29) is 6.04 Å². The summed E-state index contributed by atoms with van der Waals surface area (Å²) in [6.45, 7) is 2.91. The highest BCUT2D eigenvalue weighted by Gasteiger charge is 2.74. The van der Waals surface area contributed by atoms with E-state index in [9.17, 15) is 0 Å². The molecule has 0 saturated carbocycles. The molecule has 0 unspecified atom stereocenters. The van der Waals surface area contributed by atoms with Crippen LogP contribution < -0.4 is 0 Å². The van der Waals surface area contributed by atoms with E-state index >= 15 is 0 Å². The molecule has 5 aromatic rings. The van der Waals surface area contributed by atoms with Crippen LogP contribution in [0.5, 0.6) is 0 Å². The van der Waals surface area contributed by atoms with Crippen LogP contribution in [0.2, 0.25) is 20.1 Å². The van der Waals surface area contributed by atoms with E-state index in [0.29, 0.717) is 44.8 Å². The first kappa shape index (κ1) is 33.8. The molecule has 3 heterocycles. The Labute approximate surface area is 316 Å². The molecule has 0 amide bonds. The number of benzene rings is 5. The fraction of sp³-hybridized carbons (Fsp3) is 0.171. The van der Waals surface area contributed by atoms with E-state index < -0.39 is 17.3 Å². The van der Waals surface area contributed by atoms with Crippen molar-refractivity contribution in [3.05, 3.63) is 181 Å². The van der Waals surface area contributed by atoms with E-state index in [1.54, 1.807) is 18.2 Å². The summed E-state index contributed by atoms with van der Waals surface area (Å²) < 4.78 is 7.09. The molecule has 3 aliphatic heterocycles. The van der Waals surface area contributed by atoms with Gasteiger partial charge in [0.2, 0.25) is 5.60 Å². The minimum absolute atomic E-state index is 0.0638. The van der Waals surface area contributed by atoms with Gasteiger partial charge in [-0.25, -0.2) is 0 Å². The van der Waals surface area contributed by atoms with Gasteiger partial charge in [-0.15, -0.1) is 0 Å². The zero-order valence-corrected chi connectivity index (χ0v) is 30.4. The number of hydrogen-bond donors (Lipinski definition) is 0. The van der Waals surface area contributed by atoms with Crippen molar-refractivity contribution in [3.63, 3.8) is 0 Å². The lowest BCUT2D eigenvalue weighted by Crippen LogP contribution is -2.70. The van der Waals surface area contributed by atoms with Gasteiger partial charge < -0.3 is 14.4 Å². The summed E-state index contributed by atoms with van der Waals surface area (Å²) in [5.41, 5.74) is 4.21. The second kappa shape index (κ2) is 13.7. The van der Waals surface area contributed by atoms with Gasteiger partial charge in [0, 0.05) is 49.4 Å². The summed E-state index contributed by atoms with van der Waals surface area (Å²) in [6, 6.07) is 40.7. The maximum Gasteiger partial charge on any atom is 0.346 e. The Morgan fingerprint density at radius 1 is 0.725 bits per heavy atom. The molecule has 6 nitrogen and oxygen atoms in total. The number of nitrogens with zero attached hydrogens (tertiary/aromatic N) is 3. The zero-order valence-electron chi connectivity index (χ0n) is 27.3. The van der Waals surface area contributed by atoms with E-state index in [0.717, 1.165) is 33.4 Å². The number of piperidine rings is 1. The number of oxime groups is 2. The van der Waals surface area contributed by atoms with Crippen LogP contribution in [-0.2, 0) is 14.4 Å². The summed E-state index contributed by atoms with van der Waals surface area (Å²) >= 11 is 26.8. The summed E-state index contributed by atoms with van der Waals surface area (Å²) in [7, 11) is 0. The first-order valence-electron chi connectivity index (χ1n) is 16.5. The highest BCUT2D eigenvalue weighted by molar-refractivity contribution is 6.36. The Morgan fingerprint density at radius 2 is 1.35 bits per heavy atom. The van der Waals surface area contributed by atoms with E-state index in [1.807, 2.05) is 103 Å². The van der Waals surface area contributed by atoms with Gasteiger partial charge in [-0.1, -0.05) is 143 Å². The smallest absolute Gasteiger partial charge is 0.346 e. The number of ether oxygens (including phenoxy) is 1. The SMILES string of the molecule is C[C@H](c1ccccc1)N1C/C(=C\c2ccc(Cl)cc2Cl)[C@@]2(ON=C(c3ccccc3)O2)[C@@]2(C1)ON=C(c1ccccc1)[C@@H]2c1ccc(Cl)cc1Cl. The first-order chi connectivity index (χ1) is 24.8. The second-order valence-electron chi connectivity index (χ2n) is 12.8. The Kier molecular flexibility index (Phi) is 9.07. The predicted molar refractivity (Wildman–Crippen MR) is 205 cm³/mol. The molecule has 4 atom stereocenters. The van der Waals surface area contributed by atoms with E-state index in [4.69, 9.17) is 66.0 Å². The van der Waals surface area contributed by atoms with Gasteiger partial charge in [-0.05, 0) is 71.2 Å². The maximum atomic E-state index is 7.12. The van der Waals surface area contributed by atoms with Gasteiger partial charge in [0.25, 0.3) is 5.90 Å². The number of likely N-dealkylation sites (tertiary alicyclic amines) is 1. The van der Waals surface area contributed by atoms with Crippen LogP contribution in [0.3, 0.4) is 0 Å². The molecule has 0 bridgehead atoms. The quantitative estimate of drug-likeness (QED) is 0.173. The van der Waals surface area contributed by atoms with Gasteiger partial charge in [0.05, 0.1) is 18.2 Å². The topological polar surface area (TPSA) is 55.7 Å². The van der Waals surface area contributed by atoms with Crippen LogP contribution in [0, 0.1) is 0 Å². The van der Waals surface area contributed by atoms with E-state index in [1.165, 1.54) is 0 Å². The molecule has 2 spiro atoms. The van der Waals surface area contributed by atoms with Crippen molar-refractivity contribution >= 4 is 64.1 Å². The molecule has 1 saturated heterocycles. The van der Waals surface area contributed by atoms with Crippen molar-refractivity contribution in [2.45, 2.75) is 30.3 Å². The van der Waals surface area contributed by atoms with Crippen LogP contribution in [0.15, 0.2) is 143 Å². The van der Waals surface area contributed by atoms with Crippen LogP contribution in [0.25, 0.3) is 6.08 Å². The van der Waals surface area contributed by atoms with Crippen molar-refractivity contribution in [1.29, 1.82) is 0 Å². The number of halogens is 4. The third-order valence-corrected chi connectivity index (χ3v) is 10.9. The summed E-state index contributed by atoms with van der Waals surface area (Å²) in [5.74, 6) is -1.95. The average molecular weight is 756 g/mol. The van der Waals surface area contributed by atoms with Crippen LogP contribution in [-0.4, -0.2) is 41.0 Å². The molecular formula is C41H31Cl4N3O3. The zero-order chi connectivity index (χ0) is 35.2. The molecule has 3 aliphatic rings. The van der Waals surface area contributed by atoms with Crippen molar-refractivity contribution in [3.8, 4) is 0 Å². The Morgan fingerprint density at radius 3 is 2.02 bits per heavy atom. The molecule has 0 aromatic heterocycles. The molecule has 51 heavy (non-hydrogen) atoms. The molecule has 1 fully saturated rings. The monoisotopic (exact) mass is 753 g/mol. The van der Waals surface area contributed by atoms with Crippen molar-refractivity contribution in [1.82, 2.24) is 4.90 Å². The lowest BCUT2D eigenvalue weighted by Gasteiger charge is -2.52. The average Bonchev–Trinajstić information content (AvgIpc) is 3.76. The maximum absolute atomic E-state index is 7.12. The summed E-state index contributed by atoms with van der Waals surface area (Å²) in [5, 5.41) is 11.5. The van der Waals surface area contributed by atoms with Gasteiger partial charge in [0.1, 0.15) is 0 Å². The number of hydrogen-bond acceptors (Lipinski definition) is 6. The number of fused-ring (bicyclic) bond motifs is 1. The Balaban J connectivity index is 1.39. The second-order valence-corrected chi connectivity index (χ2v) is 14.5. The molecule has 5 aromatic carbocycles. The van der Waals surface area contributed by atoms with Crippen molar-refractivity contribution < 1.29 is 14.4 Å². The van der Waals surface area contributed by atoms with Crippen LogP contribution in [0.4, 0.5) is 0 Å². The van der Waals surface area contributed by atoms with Crippen molar-refractivity contribution in [2.75, 3.05) is 13.1 Å². The van der Waals surface area contributed by atoms with Crippen LogP contribution in [0.1, 0.15) is 46.7 Å². The van der Waals surface area contributed by atoms with Gasteiger partial charge >= 0.3 is 5.79 Å². The fourth-order valence-corrected chi connectivity index (χ4v) is 8.25. The standard InChI is InChI=1S/C41H31Cl4N3O3/c1-26(27-11-5-2-6-12-27)48-24-31(21-30-17-18-32(42)22-35(30)44)41(49-39(47-51-41)29-15-9-4-10-16-29)40(25-48)37(34-20-19-33(43)23-36(34)45)38(46-50-40)28-13-7-3-8-14-28/h2-23,26,37H,24-25H2,1H3/b31-21+/t26-,37+,40+,41-/m1/s1. The predicted octanol–water partition coefficient (Wildman–Crippen LogP) is 10.8. The molecule has 256 valence electrons. The Hall–Kier alpha value is -4.30. The lowest BCUT2D eigenvalue weighted by atomic mass is 9.68. The minimum atomic E-state index is -1.64. The Bertz CT molecular complexity index is 2180. The van der Waals surface area contributed by atoms with E-state index in [2.05, 4.69) is 29.1 Å². The lowest BCUT2D eigenvalue weighted by molar-refractivity contribution is -0.279. The van der Waals surface area contributed by atoms with Crippen molar-refractivity contribution in [2.24, 2.45) is 10.3 Å². The molecule has 10 heteroatoms. The summed E-state index contributed by atoms with van der Waals surface area (Å²) in [6.07, 6.45) is 1.98. The molecular weight excluding hydrogens is 724 g/mol. The minimum Gasteiger partial charge on any atom is -0.422 e. The highest BCUT2D eigenvalue weighted by Crippen LogP contribution is 2.58. The third kappa shape index (κ3) is 5.99.